The van der Waals surface area contributed by atoms with Crippen LogP contribution in [0.25, 0.3) is 0 Å². The first kappa shape index (κ1) is 23.2. The molecule has 3 N–H and O–H groups in total. The molecule has 1 saturated heterocycles. The highest BCUT2D eigenvalue weighted by Gasteiger charge is 2.43. The van der Waals surface area contributed by atoms with Crippen molar-refractivity contribution < 1.29 is 19.1 Å². The van der Waals surface area contributed by atoms with Gasteiger partial charge in [0.25, 0.3) is 0 Å². The molecule has 1 aromatic rings. The lowest BCUT2D eigenvalue weighted by atomic mass is 9.83. The Morgan fingerprint density at radius 3 is 2.61 bits per heavy atom. The van der Waals surface area contributed by atoms with Gasteiger partial charge in [0.2, 0.25) is 5.91 Å². The van der Waals surface area contributed by atoms with E-state index in [2.05, 4.69) is 12.2 Å². The summed E-state index contributed by atoms with van der Waals surface area (Å²) in [5, 5.41) is 3.10. The summed E-state index contributed by atoms with van der Waals surface area (Å²) >= 11 is 0. The molecule has 1 aliphatic heterocycles. The predicted octanol–water partition coefficient (Wildman–Crippen LogP) is 3.95. The van der Waals surface area contributed by atoms with Crippen LogP contribution in [0, 0.1) is 11.8 Å². The number of carbonyl (C=O) groups is 2. The van der Waals surface area contributed by atoms with Crippen LogP contribution in [0.15, 0.2) is 18.2 Å². The topological polar surface area (TPSA) is 93.9 Å². The molecule has 3 rings (SSSR count). The third-order valence-electron chi connectivity index (χ3n) is 6.68. The Bertz CT molecular complexity index is 770. The van der Waals surface area contributed by atoms with Gasteiger partial charge < -0.3 is 25.4 Å². The van der Waals surface area contributed by atoms with Crippen molar-refractivity contribution in [2.75, 3.05) is 32.1 Å². The Balaban J connectivity index is 1.35. The van der Waals surface area contributed by atoms with E-state index < -0.39 is 0 Å². The molecular weight excluding hydrogens is 394 g/mol. The van der Waals surface area contributed by atoms with Crippen molar-refractivity contribution in [3.63, 3.8) is 0 Å². The zero-order valence-corrected chi connectivity index (χ0v) is 19.1. The lowest BCUT2D eigenvalue weighted by Crippen LogP contribution is -2.41. The summed E-state index contributed by atoms with van der Waals surface area (Å²) in [5.74, 6) is 1.69. The number of rotatable bonds is 10. The van der Waals surface area contributed by atoms with Crippen molar-refractivity contribution in [2.45, 2.75) is 64.4 Å². The number of hydrogen-bond acceptors (Lipinski definition) is 5. The lowest BCUT2D eigenvalue weighted by Gasteiger charge is -2.35. The molecule has 1 aromatic carbocycles. The van der Waals surface area contributed by atoms with Crippen LogP contribution in [0.4, 0.5) is 10.5 Å². The molecule has 1 heterocycles. The van der Waals surface area contributed by atoms with Crippen molar-refractivity contribution in [2.24, 2.45) is 17.6 Å². The number of carbonyl (C=O) groups excluding carboxylic acids is 2. The number of amides is 2. The van der Waals surface area contributed by atoms with Crippen LogP contribution in [-0.2, 0) is 16.0 Å². The summed E-state index contributed by atoms with van der Waals surface area (Å²) in [7, 11) is 1.82. The fourth-order valence-electron chi connectivity index (χ4n) is 4.26. The highest BCUT2D eigenvalue weighted by molar-refractivity contribution is 5.79. The number of nitrogens with zero attached hydrogens (tertiary/aromatic N) is 1. The summed E-state index contributed by atoms with van der Waals surface area (Å²) in [6.07, 6.45) is 6.23. The lowest BCUT2D eigenvalue weighted by molar-refractivity contribution is -0.117. The maximum atomic E-state index is 12.3. The smallest absolute Gasteiger partial charge is 0.410 e. The molecule has 0 aromatic heterocycles. The molecule has 2 fully saturated rings. The van der Waals surface area contributed by atoms with Gasteiger partial charge >= 0.3 is 6.09 Å². The summed E-state index contributed by atoms with van der Waals surface area (Å²) in [4.78, 5) is 25.3. The van der Waals surface area contributed by atoms with Crippen molar-refractivity contribution in [1.82, 2.24) is 4.90 Å². The van der Waals surface area contributed by atoms with Gasteiger partial charge in [-0.1, -0.05) is 13.0 Å². The van der Waals surface area contributed by atoms with Gasteiger partial charge in [-0.2, -0.15) is 0 Å². The van der Waals surface area contributed by atoms with E-state index in [-0.39, 0.29) is 24.0 Å². The van der Waals surface area contributed by atoms with Gasteiger partial charge in [0.1, 0.15) is 11.4 Å². The molecule has 2 amide bonds. The largest absolute Gasteiger partial charge is 0.494 e. The molecule has 1 aliphatic carbocycles. The molecule has 172 valence electrons. The van der Waals surface area contributed by atoms with Crippen LogP contribution in [0.3, 0.4) is 0 Å². The molecule has 0 unspecified atom stereocenters. The van der Waals surface area contributed by atoms with E-state index in [1.807, 2.05) is 37.1 Å². The fraction of sp³-hybridized carbons (Fsp3) is 0.667. The van der Waals surface area contributed by atoms with Gasteiger partial charge in [-0.05, 0) is 68.9 Å². The van der Waals surface area contributed by atoms with Crippen LogP contribution in [0.2, 0.25) is 0 Å². The standard InChI is InChI=1S/C24H37N3O4/c1-17(18-8-12-27(13-9-18)23(29)31-24(2)10-11-24)5-4-14-30-20-7-6-19(15-22(25)28)21(16-20)26-3/h6-7,16-18,26H,4-5,8-15H2,1-3H3,(H2,25,28)/t17-/m0/s1. The van der Waals surface area contributed by atoms with Crippen LogP contribution in [-0.4, -0.2) is 49.2 Å². The third kappa shape index (κ3) is 6.77. The Morgan fingerprint density at radius 2 is 2.00 bits per heavy atom. The van der Waals surface area contributed by atoms with E-state index in [1.54, 1.807) is 0 Å². The molecule has 0 bridgehead atoms. The molecule has 0 spiro atoms. The fourth-order valence-corrected chi connectivity index (χ4v) is 4.26. The second-order valence-corrected chi connectivity index (χ2v) is 9.32. The van der Waals surface area contributed by atoms with Crippen LogP contribution in [0.1, 0.15) is 57.9 Å². The number of benzene rings is 1. The number of anilines is 1. The number of ether oxygens (including phenoxy) is 2. The maximum absolute atomic E-state index is 12.3. The number of nitrogens with one attached hydrogen (secondary N) is 1. The van der Waals surface area contributed by atoms with Crippen LogP contribution >= 0.6 is 0 Å². The summed E-state index contributed by atoms with van der Waals surface area (Å²) in [5.41, 5.74) is 6.84. The van der Waals surface area contributed by atoms with E-state index in [9.17, 15) is 9.59 Å². The minimum absolute atomic E-state index is 0.137. The average molecular weight is 432 g/mol. The van der Waals surface area contributed by atoms with E-state index in [4.69, 9.17) is 15.2 Å². The zero-order chi connectivity index (χ0) is 22.4. The number of primary amides is 1. The summed E-state index contributed by atoms with van der Waals surface area (Å²) in [6.45, 7) is 6.57. The second kappa shape index (κ2) is 10.2. The predicted molar refractivity (Wildman–Crippen MR) is 121 cm³/mol. The van der Waals surface area contributed by atoms with Crippen molar-refractivity contribution in [3.8, 4) is 5.75 Å². The molecule has 1 atom stereocenters. The first-order valence-corrected chi connectivity index (χ1v) is 11.5. The number of piperidine rings is 1. The maximum Gasteiger partial charge on any atom is 0.410 e. The van der Waals surface area contributed by atoms with Crippen LogP contribution < -0.4 is 15.8 Å². The second-order valence-electron chi connectivity index (χ2n) is 9.32. The molecule has 2 aliphatic rings. The SMILES string of the molecule is CNc1cc(OCCC[C@H](C)C2CCN(C(=O)OC3(C)CC3)CC2)ccc1CC(N)=O. The van der Waals surface area contributed by atoms with Gasteiger partial charge in [-0.15, -0.1) is 0 Å². The van der Waals surface area contributed by atoms with Crippen molar-refractivity contribution in [1.29, 1.82) is 0 Å². The zero-order valence-electron chi connectivity index (χ0n) is 19.1. The van der Waals surface area contributed by atoms with Gasteiger partial charge in [0.05, 0.1) is 13.0 Å². The molecule has 7 nitrogen and oxygen atoms in total. The molecule has 31 heavy (non-hydrogen) atoms. The van der Waals surface area contributed by atoms with Crippen LogP contribution in [0.5, 0.6) is 5.75 Å². The minimum atomic E-state index is -0.348. The van der Waals surface area contributed by atoms with Gasteiger partial charge in [0.15, 0.2) is 0 Å². The minimum Gasteiger partial charge on any atom is -0.494 e. The first-order chi connectivity index (χ1) is 14.8. The number of likely N-dealkylation sites (tertiary alicyclic amines) is 1. The van der Waals surface area contributed by atoms with E-state index >= 15 is 0 Å². The van der Waals surface area contributed by atoms with Gasteiger partial charge in [-0.25, -0.2) is 4.79 Å². The Hall–Kier alpha value is -2.44. The third-order valence-corrected chi connectivity index (χ3v) is 6.68. The first-order valence-electron chi connectivity index (χ1n) is 11.5. The van der Waals surface area contributed by atoms with Gasteiger partial charge in [-0.3, -0.25) is 4.79 Å². The summed E-state index contributed by atoms with van der Waals surface area (Å²) in [6, 6.07) is 5.69. The highest BCUT2D eigenvalue weighted by atomic mass is 16.6. The number of nitrogens with two attached hydrogens (primary N) is 1. The van der Waals surface area contributed by atoms with E-state index in [1.165, 1.54) is 0 Å². The van der Waals surface area contributed by atoms with Crippen molar-refractivity contribution >= 4 is 17.7 Å². The quantitative estimate of drug-likeness (QED) is 0.547. The molecular formula is C24H37N3O4. The Morgan fingerprint density at radius 1 is 1.29 bits per heavy atom. The Labute approximate surface area is 185 Å². The normalized spacial score (nSPS) is 18.9. The van der Waals surface area contributed by atoms with E-state index in [0.29, 0.717) is 18.4 Å². The molecule has 1 saturated carbocycles. The molecule has 0 radical (unpaired) electrons. The monoisotopic (exact) mass is 431 g/mol. The highest BCUT2D eigenvalue weighted by Crippen LogP contribution is 2.39. The molecule has 7 heteroatoms. The van der Waals surface area contributed by atoms with Crippen molar-refractivity contribution in [3.05, 3.63) is 23.8 Å². The average Bonchev–Trinajstić information content (AvgIpc) is 3.48. The van der Waals surface area contributed by atoms with Gasteiger partial charge in [0, 0.05) is 31.9 Å². The Kier molecular flexibility index (Phi) is 7.68. The number of hydrogen-bond donors (Lipinski definition) is 2. The van der Waals surface area contributed by atoms with E-state index in [0.717, 1.165) is 68.6 Å². The summed E-state index contributed by atoms with van der Waals surface area (Å²) < 4.78 is 11.5.